The minimum atomic E-state index is -0.427. The topological polar surface area (TPSA) is 71.6 Å². The monoisotopic (exact) mass is 460 g/mol. The number of benzene rings is 3. The summed E-state index contributed by atoms with van der Waals surface area (Å²) in [5.41, 5.74) is 3.39. The molecule has 0 spiro atoms. The van der Waals surface area contributed by atoms with E-state index in [1.54, 1.807) is 30.3 Å². The Balaban J connectivity index is 1.42. The van der Waals surface area contributed by atoms with E-state index in [0.29, 0.717) is 22.8 Å². The Labute approximate surface area is 201 Å². The minimum absolute atomic E-state index is 0.0139. The van der Waals surface area contributed by atoms with Gasteiger partial charge in [0.05, 0.1) is 11.4 Å². The molecule has 1 fully saturated rings. The number of anilines is 2. The highest BCUT2D eigenvalue weighted by atomic mass is 16.3. The SMILES string of the molecule is Cn1c(-c2ccccc2)nc2oc(C=C3C(=O)N(c4ccccc4)N(c4ccccc4)C3=O)cc21. The van der Waals surface area contributed by atoms with Crippen molar-refractivity contribution in [3.05, 3.63) is 108 Å². The molecular formula is C28H20N4O3. The number of aromatic nitrogens is 2. The summed E-state index contributed by atoms with van der Waals surface area (Å²) in [6.45, 7) is 0. The summed E-state index contributed by atoms with van der Waals surface area (Å²) in [4.78, 5) is 31.6. The Morgan fingerprint density at radius 3 is 1.77 bits per heavy atom. The Bertz CT molecular complexity index is 1530. The number of carbonyl (C=O) groups excluding carboxylic acids is 2. The predicted molar refractivity (Wildman–Crippen MR) is 134 cm³/mol. The number of hydrazine groups is 1. The number of fused-ring (bicyclic) bond motifs is 1. The van der Waals surface area contributed by atoms with Gasteiger partial charge in [0, 0.05) is 18.7 Å². The first kappa shape index (κ1) is 20.7. The van der Waals surface area contributed by atoms with Crippen LogP contribution in [0.5, 0.6) is 0 Å². The number of hydrogen-bond acceptors (Lipinski definition) is 4. The highest BCUT2D eigenvalue weighted by Crippen LogP contribution is 2.33. The fourth-order valence-corrected chi connectivity index (χ4v) is 4.28. The van der Waals surface area contributed by atoms with Crippen LogP contribution in [0.3, 0.4) is 0 Å². The van der Waals surface area contributed by atoms with Crippen LogP contribution < -0.4 is 10.0 Å². The molecule has 0 saturated carbocycles. The predicted octanol–water partition coefficient (Wildman–Crippen LogP) is 5.21. The summed E-state index contributed by atoms with van der Waals surface area (Å²) in [6.07, 6.45) is 1.49. The van der Waals surface area contributed by atoms with Gasteiger partial charge in [0.15, 0.2) is 0 Å². The second kappa shape index (κ2) is 8.14. The van der Waals surface area contributed by atoms with E-state index < -0.39 is 11.8 Å². The maximum absolute atomic E-state index is 13.5. The summed E-state index contributed by atoms with van der Waals surface area (Å²) >= 11 is 0. The highest BCUT2D eigenvalue weighted by Gasteiger charge is 2.43. The van der Waals surface area contributed by atoms with E-state index in [4.69, 9.17) is 4.42 Å². The molecule has 0 aliphatic carbocycles. The Morgan fingerprint density at radius 2 is 1.26 bits per heavy atom. The molecule has 0 atom stereocenters. The number of hydrogen-bond donors (Lipinski definition) is 0. The summed E-state index contributed by atoms with van der Waals surface area (Å²) < 4.78 is 7.87. The molecule has 170 valence electrons. The molecule has 0 bridgehead atoms. The molecule has 5 aromatic rings. The van der Waals surface area contributed by atoms with Crippen LogP contribution in [-0.4, -0.2) is 21.4 Å². The van der Waals surface area contributed by atoms with Crippen LogP contribution in [0.4, 0.5) is 11.4 Å². The van der Waals surface area contributed by atoms with E-state index in [9.17, 15) is 9.59 Å². The molecular weight excluding hydrogens is 440 g/mol. The summed E-state index contributed by atoms with van der Waals surface area (Å²) in [7, 11) is 1.91. The average molecular weight is 460 g/mol. The van der Waals surface area contributed by atoms with Gasteiger partial charge in [-0.1, -0.05) is 66.7 Å². The zero-order valence-electron chi connectivity index (χ0n) is 18.8. The number of nitrogens with zero attached hydrogens (tertiary/aromatic N) is 4. The van der Waals surface area contributed by atoms with Gasteiger partial charge >= 0.3 is 0 Å². The standard InChI is InChI=1S/C28H20N4O3/c1-30-24-18-22(35-26(24)29-25(30)19-11-5-2-6-12-19)17-23-27(33)31(20-13-7-3-8-14-20)32(28(23)34)21-15-9-4-10-16-21/h2-18H,1H3. The molecule has 2 amide bonds. The average Bonchev–Trinajstić information content (AvgIpc) is 3.52. The number of rotatable bonds is 4. The van der Waals surface area contributed by atoms with E-state index in [-0.39, 0.29) is 5.57 Å². The molecule has 1 saturated heterocycles. The molecule has 1 aliphatic rings. The highest BCUT2D eigenvalue weighted by molar-refractivity contribution is 6.38. The fourth-order valence-electron chi connectivity index (χ4n) is 4.28. The van der Waals surface area contributed by atoms with Gasteiger partial charge in [-0.2, -0.15) is 4.98 Å². The Morgan fingerprint density at radius 1 is 0.743 bits per heavy atom. The van der Waals surface area contributed by atoms with Crippen LogP contribution in [-0.2, 0) is 16.6 Å². The molecule has 0 N–H and O–H groups in total. The van der Waals surface area contributed by atoms with Crippen molar-refractivity contribution in [2.24, 2.45) is 7.05 Å². The number of para-hydroxylation sites is 2. The van der Waals surface area contributed by atoms with Gasteiger partial charge in [-0.25, -0.2) is 10.0 Å². The van der Waals surface area contributed by atoms with Crippen LogP contribution in [0.25, 0.3) is 28.7 Å². The van der Waals surface area contributed by atoms with Crippen molar-refractivity contribution < 1.29 is 14.0 Å². The lowest BCUT2D eigenvalue weighted by Crippen LogP contribution is -2.41. The number of furan rings is 1. The second-order valence-corrected chi connectivity index (χ2v) is 8.16. The van der Waals surface area contributed by atoms with Gasteiger partial charge in [0.2, 0.25) is 5.71 Å². The quantitative estimate of drug-likeness (QED) is 0.273. The third-order valence-corrected chi connectivity index (χ3v) is 5.96. The van der Waals surface area contributed by atoms with Crippen molar-refractivity contribution in [3.63, 3.8) is 0 Å². The van der Waals surface area contributed by atoms with Gasteiger partial charge in [0.1, 0.15) is 22.7 Å². The third kappa shape index (κ3) is 3.41. The molecule has 35 heavy (non-hydrogen) atoms. The number of imidazole rings is 1. The zero-order valence-corrected chi connectivity index (χ0v) is 18.8. The molecule has 0 unspecified atom stereocenters. The van der Waals surface area contributed by atoms with Crippen molar-refractivity contribution in [2.45, 2.75) is 0 Å². The van der Waals surface area contributed by atoms with Crippen molar-refractivity contribution in [2.75, 3.05) is 10.0 Å². The van der Waals surface area contributed by atoms with E-state index in [1.807, 2.05) is 78.3 Å². The molecule has 7 heteroatoms. The molecule has 3 aromatic carbocycles. The van der Waals surface area contributed by atoms with Crippen molar-refractivity contribution in [3.8, 4) is 11.4 Å². The smallest absolute Gasteiger partial charge is 0.283 e. The summed E-state index contributed by atoms with van der Waals surface area (Å²) in [5, 5.41) is 2.77. The van der Waals surface area contributed by atoms with E-state index >= 15 is 0 Å². The molecule has 6 rings (SSSR count). The largest absolute Gasteiger partial charge is 0.437 e. The van der Waals surface area contributed by atoms with Crippen LogP contribution in [0.2, 0.25) is 0 Å². The van der Waals surface area contributed by atoms with E-state index in [0.717, 1.165) is 16.9 Å². The maximum Gasteiger partial charge on any atom is 0.283 e. The van der Waals surface area contributed by atoms with Crippen LogP contribution in [0.15, 0.2) is 107 Å². The fraction of sp³-hybridized carbons (Fsp3) is 0.0357. The second-order valence-electron chi connectivity index (χ2n) is 8.16. The lowest BCUT2D eigenvalue weighted by atomic mass is 10.2. The third-order valence-electron chi connectivity index (χ3n) is 5.96. The number of amides is 2. The molecule has 7 nitrogen and oxygen atoms in total. The van der Waals surface area contributed by atoms with Gasteiger partial charge in [-0.05, 0) is 30.3 Å². The van der Waals surface area contributed by atoms with Crippen LogP contribution in [0, 0.1) is 0 Å². The number of aryl methyl sites for hydroxylation is 1. The normalized spacial score (nSPS) is 13.8. The Hall–Kier alpha value is -4.91. The molecule has 1 aliphatic heterocycles. The van der Waals surface area contributed by atoms with E-state index in [2.05, 4.69) is 4.98 Å². The molecule has 0 radical (unpaired) electrons. The van der Waals surface area contributed by atoms with Crippen LogP contribution >= 0.6 is 0 Å². The lowest BCUT2D eigenvalue weighted by Gasteiger charge is -2.27. The molecule has 2 aromatic heterocycles. The van der Waals surface area contributed by atoms with Gasteiger partial charge < -0.3 is 8.98 Å². The Kier molecular flexibility index (Phi) is 4.81. The van der Waals surface area contributed by atoms with Crippen molar-refractivity contribution >= 4 is 40.5 Å². The summed E-state index contributed by atoms with van der Waals surface area (Å²) in [5.74, 6) is 0.307. The molecule has 3 heterocycles. The zero-order chi connectivity index (χ0) is 23.9. The first-order chi connectivity index (χ1) is 17.1. The van der Waals surface area contributed by atoms with Crippen LogP contribution in [0.1, 0.15) is 5.76 Å². The number of carbonyl (C=O) groups is 2. The van der Waals surface area contributed by atoms with Gasteiger partial charge in [-0.3, -0.25) is 9.59 Å². The maximum atomic E-state index is 13.5. The lowest BCUT2D eigenvalue weighted by molar-refractivity contribution is -0.116. The van der Waals surface area contributed by atoms with Crippen molar-refractivity contribution in [1.82, 2.24) is 9.55 Å². The minimum Gasteiger partial charge on any atom is -0.437 e. The van der Waals surface area contributed by atoms with Crippen molar-refractivity contribution in [1.29, 1.82) is 0 Å². The van der Waals surface area contributed by atoms with Gasteiger partial charge in [-0.15, -0.1) is 0 Å². The first-order valence-corrected chi connectivity index (χ1v) is 11.1. The summed E-state index contributed by atoms with van der Waals surface area (Å²) in [6, 6.07) is 29.8. The first-order valence-electron chi connectivity index (χ1n) is 11.1. The van der Waals surface area contributed by atoms with E-state index in [1.165, 1.54) is 16.1 Å². The van der Waals surface area contributed by atoms with Gasteiger partial charge in [0.25, 0.3) is 11.8 Å².